The van der Waals surface area contributed by atoms with E-state index in [1.54, 1.807) is 0 Å². The third-order valence-electron chi connectivity index (χ3n) is 2.16. The van der Waals surface area contributed by atoms with Crippen LogP contribution in [0.3, 0.4) is 0 Å². The van der Waals surface area contributed by atoms with Crippen molar-refractivity contribution in [1.82, 2.24) is 9.97 Å². The Bertz CT molecular complexity index is 599. The normalized spacial score (nSPS) is 11.4. The lowest BCUT2D eigenvalue weighted by atomic mass is 10.3. The predicted molar refractivity (Wildman–Crippen MR) is 58.2 cm³/mol. The number of alkyl halides is 3. The average molecular weight is 272 g/mol. The second kappa shape index (κ2) is 4.83. The zero-order chi connectivity index (χ0) is 14.0. The van der Waals surface area contributed by atoms with Crippen LogP contribution in [0.2, 0.25) is 0 Å². The fourth-order valence-electron chi connectivity index (χ4n) is 1.38. The van der Waals surface area contributed by atoms with Crippen LogP contribution in [0.25, 0.3) is 0 Å². The molecule has 2 aromatic rings. The standard InChI is InChI=1S/C12H8F4N2O/c1-7-17-10(12(14,15)16)6-11(18-7)19-9-5-3-2-4-8(9)13/h2-6H,1H3. The summed E-state index contributed by atoms with van der Waals surface area (Å²) in [4.78, 5) is 6.94. The van der Waals surface area contributed by atoms with E-state index in [4.69, 9.17) is 4.74 Å². The van der Waals surface area contributed by atoms with Gasteiger partial charge < -0.3 is 4.74 Å². The minimum absolute atomic E-state index is 0.110. The molecule has 0 radical (unpaired) electrons. The van der Waals surface area contributed by atoms with Crippen LogP contribution in [0.1, 0.15) is 11.5 Å². The fourth-order valence-corrected chi connectivity index (χ4v) is 1.38. The summed E-state index contributed by atoms with van der Waals surface area (Å²) in [5.41, 5.74) is -1.13. The number of aryl methyl sites for hydroxylation is 1. The molecule has 0 aliphatic rings. The van der Waals surface area contributed by atoms with Gasteiger partial charge in [-0.2, -0.15) is 18.2 Å². The number of ether oxygens (including phenoxy) is 1. The van der Waals surface area contributed by atoms with E-state index in [0.717, 1.165) is 6.07 Å². The minimum Gasteiger partial charge on any atom is -0.436 e. The Balaban J connectivity index is 2.36. The van der Waals surface area contributed by atoms with Crippen molar-refractivity contribution < 1.29 is 22.3 Å². The van der Waals surface area contributed by atoms with Gasteiger partial charge in [0.25, 0.3) is 0 Å². The minimum atomic E-state index is -4.61. The van der Waals surface area contributed by atoms with E-state index in [1.807, 2.05) is 0 Å². The Morgan fingerprint density at radius 3 is 2.42 bits per heavy atom. The van der Waals surface area contributed by atoms with E-state index in [9.17, 15) is 17.6 Å². The van der Waals surface area contributed by atoms with Gasteiger partial charge >= 0.3 is 6.18 Å². The molecule has 0 amide bonds. The van der Waals surface area contributed by atoms with Crippen LogP contribution in [0.5, 0.6) is 11.6 Å². The van der Waals surface area contributed by atoms with E-state index in [2.05, 4.69) is 9.97 Å². The molecule has 100 valence electrons. The lowest BCUT2D eigenvalue weighted by molar-refractivity contribution is -0.141. The third kappa shape index (κ3) is 3.18. The van der Waals surface area contributed by atoms with E-state index >= 15 is 0 Å². The van der Waals surface area contributed by atoms with Gasteiger partial charge in [-0.1, -0.05) is 12.1 Å². The molecule has 1 aromatic carbocycles. The van der Waals surface area contributed by atoms with Gasteiger partial charge in [-0.05, 0) is 19.1 Å². The molecular weight excluding hydrogens is 264 g/mol. The molecule has 0 aliphatic carbocycles. The van der Waals surface area contributed by atoms with Crippen LogP contribution < -0.4 is 4.74 Å². The Labute approximate surface area is 105 Å². The Morgan fingerprint density at radius 2 is 1.79 bits per heavy atom. The van der Waals surface area contributed by atoms with Gasteiger partial charge in [0.1, 0.15) is 5.82 Å². The Kier molecular flexibility index (Phi) is 3.37. The first-order valence-electron chi connectivity index (χ1n) is 5.21. The van der Waals surface area contributed by atoms with E-state index in [0.29, 0.717) is 6.07 Å². The van der Waals surface area contributed by atoms with Gasteiger partial charge in [0.05, 0.1) is 0 Å². The van der Waals surface area contributed by atoms with Gasteiger partial charge in [-0.25, -0.2) is 9.37 Å². The van der Waals surface area contributed by atoms with E-state index in [1.165, 1.54) is 25.1 Å². The summed E-state index contributed by atoms with van der Waals surface area (Å²) in [5, 5.41) is 0. The largest absolute Gasteiger partial charge is 0.436 e. The molecule has 1 heterocycles. The SMILES string of the molecule is Cc1nc(Oc2ccccc2F)cc(C(F)(F)F)n1. The van der Waals surface area contributed by atoms with Gasteiger partial charge in [0, 0.05) is 6.07 Å². The van der Waals surface area contributed by atoms with Crippen molar-refractivity contribution >= 4 is 0 Å². The molecule has 2 rings (SSSR count). The molecule has 0 fully saturated rings. The van der Waals surface area contributed by atoms with Crippen molar-refractivity contribution in [2.45, 2.75) is 13.1 Å². The van der Waals surface area contributed by atoms with Crippen molar-refractivity contribution in [3.05, 3.63) is 47.7 Å². The maximum atomic E-state index is 13.3. The highest BCUT2D eigenvalue weighted by Crippen LogP contribution is 2.31. The number of para-hydroxylation sites is 1. The number of rotatable bonds is 2. The summed E-state index contributed by atoms with van der Waals surface area (Å²) in [5.74, 6) is -1.35. The van der Waals surface area contributed by atoms with Crippen molar-refractivity contribution in [2.24, 2.45) is 0 Å². The van der Waals surface area contributed by atoms with Gasteiger partial charge in [0.2, 0.25) is 5.88 Å². The molecular formula is C12H8F4N2O. The molecule has 19 heavy (non-hydrogen) atoms. The van der Waals surface area contributed by atoms with Crippen LogP contribution in [0.4, 0.5) is 17.6 Å². The summed E-state index contributed by atoms with van der Waals surface area (Å²) in [6.45, 7) is 1.30. The quantitative estimate of drug-likeness (QED) is 0.781. The van der Waals surface area contributed by atoms with Crippen LogP contribution in [0.15, 0.2) is 30.3 Å². The molecule has 1 aromatic heterocycles. The molecule has 0 saturated carbocycles. The number of nitrogens with zero attached hydrogens (tertiary/aromatic N) is 2. The van der Waals surface area contributed by atoms with Crippen molar-refractivity contribution in [1.29, 1.82) is 0 Å². The van der Waals surface area contributed by atoms with Crippen LogP contribution in [-0.4, -0.2) is 9.97 Å². The number of aromatic nitrogens is 2. The summed E-state index contributed by atoms with van der Waals surface area (Å²) >= 11 is 0. The molecule has 3 nitrogen and oxygen atoms in total. The highest BCUT2D eigenvalue weighted by molar-refractivity contribution is 5.29. The topological polar surface area (TPSA) is 35.0 Å². The maximum absolute atomic E-state index is 13.3. The molecule has 0 unspecified atom stereocenters. The highest BCUT2D eigenvalue weighted by atomic mass is 19.4. The average Bonchev–Trinajstić information content (AvgIpc) is 2.30. The van der Waals surface area contributed by atoms with Crippen molar-refractivity contribution in [3.63, 3.8) is 0 Å². The molecule has 7 heteroatoms. The molecule has 0 spiro atoms. The maximum Gasteiger partial charge on any atom is 0.433 e. The Hall–Kier alpha value is -2.18. The first kappa shape index (κ1) is 13.3. The fraction of sp³-hybridized carbons (Fsp3) is 0.167. The number of halogens is 4. The van der Waals surface area contributed by atoms with Gasteiger partial charge in [-0.15, -0.1) is 0 Å². The zero-order valence-electron chi connectivity index (χ0n) is 9.70. The number of hydrogen-bond acceptors (Lipinski definition) is 3. The molecule has 0 atom stereocenters. The zero-order valence-corrected chi connectivity index (χ0v) is 9.70. The third-order valence-corrected chi connectivity index (χ3v) is 2.16. The molecule has 0 N–H and O–H groups in total. The second-order valence-corrected chi connectivity index (χ2v) is 3.67. The first-order chi connectivity index (χ1) is 8.86. The van der Waals surface area contributed by atoms with Crippen molar-refractivity contribution in [2.75, 3.05) is 0 Å². The molecule has 0 saturated heterocycles. The molecule has 0 aliphatic heterocycles. The summed E-state index contributed by atoms with van der Waals surface area (Å²) in [7, 11) is 0. The predicted octanol–water partition coefficient (Wildman–Crippen LogP) is 3.74. The van der Waals surface area contributed by atoms with Crippen LogP contribution in [-0.2, 0) is 6.18 Å². The van der Waals surface area contributed by atoms with Crippen molar-refractivity contribution in [3.8, 4) is 11.6 Å². The summed E-state index contributed by atoms with van der Waals surface area (Å²) in [6, 6.07) is 5.99. The van der Waals surface area contributed by atoms with E-state index < -0.39 is 17.7 Å². The Morgan fingerprint density at radius 1 is 1.11 bits per heavy atom. The lowest BCUT2D eigenvalue weighted by Crippen LogP contribution is -2.10. The highest BCUT2D eigenvalue weighted by Gasteiger charge is 2.33. The summed E-state index contributed by atoms with van der Waals surface area (Å²) in [6.07, 6.45) is -4.61. The van der Waals surface area contributed by atoms with Gasteiger partial charge in [0.15, 0.2) is 17.3 Å². The number of hydrogen-bond donors (Lipinski definition) is 0. The van der Waals surface area contributed by atoms with Gasteiger partial charge in [-0.3, -0.25) is 0 Å². The second-order valence-electron chi connectivity index (χ2n) is 3.67. The summed E-state index contributed by atoms with van der Waals surface area (Å²) < 4.78 is 56.0. The smallest absolute Gasteiger partial charge is 0.433 e. The molecule has 0 bridgehead atoms. The van der Waals surface area contributed by atoms with Crippen LogP contribution >= 0.6 is 0 Å². The number of benzene rings is 1. The first-order valence-corrected chi connectivity index (χ1v) is 5.21. The van der Waals surface area contributed by atoms with Crippen LogP contribution in [0, 0.1) is 12.7 Å². The van der Waals surface area contributed by atoms with E-state index in [-0.39, 0.29) is 17.5 Å². The monoisotopic (exact) mass is 272 g/mol. The lowest BCUT2D eigenvalue weighted by Gasteiger charge is -2.10.